The van der Waals surface area contributed by atoms with E-state index in [1.807, 2.05) is 20.8 Å². The van der Waals surface area contributed by atoms with Gasteiger partial charge in [0.2, 0.25) is 0 Å². The van der Waals surface area contributed by atoms with Crippen molar-refractivity contribution in [1.82, 2.24) is 9.88 Å². The summed E-state index contributed by atoms with van der Waals surface area (Å²) in [6.07, 6.45) is 2.38. The minimum absolute atomic E-state index is 0.0132. The van der Waals surface area contributed by atoms with Crippen LogP contribution >= 0.6 is 0 Å². The van der Waals surface area contributed by atoms with Gasteiger partial charge in [-0.2, -0.15) is 0 Å². The molecule has 1 aromatic heterocycles. The normalized spacial score (nSPS) is 21.4. The lowest BCUT2D eigenvalue weighted by atomic mass is 9.67. The second kappa shape index (κ2) is 10.4. The Morgan fingerprint density at radius 3 is 2.32 bits per heavy atom. The van der Waals surface area contributed by atoms with E-state index in [0.717, 1.165) is 11.8 Å². The lowest BCUT2D eigenvalue weighted by Crippen LogP contribution is -2.63. The third-order valence-corrected chi connectivity index (χ3v) is 12.9. The van der Waals surface area contributed by atoms with Crippen molar-refractivity contribution in [3.63, 3.8) is 0 Å². The highest BCUT2D eigenvalue weighted by atomic mass is 28.4. The molecule has 208 valence electrons. The monoisotopic (exact) mass is 545 g/mol. The first-order valence-corrected chi connectivity index (χ1v) is 15.9. The van der Waals surface area contributed by atoms with Gasteiger partial charge in [-0.05, 0) is 54.4 Å². The second-order valence-electron chi connectivity index (χ2n) is 12.8. The fraction of sp³-hybridized carbons (Fsp3) is 0.571. The molecule has 1 aromatic carbocycles. The Morgan fingerprint density at radius 2 is 1.84 bits per heavy atom. The predicted octanol–water partition coefficient (Wildman–Crippen LogP) is 7.36. The van der Waals surface area contributed by atoms with Crippen LogP contribution in [0.4, 0.5) is 14.9 Å². The molecule has 0 aliphatic carbocycles. The molecule has 0 spiro atoms. The molecule has 38 heavy (non-hydrogen) atoms. The summed E-state index contributed by atoms with van der Waals surface area (Å²) in [7, 11) is -2.47. The number of hydrogen-bond donors (Lipinski definition) is 1. The summed E-state index contributed by atoms with van der Waals surface area (Å²) >= 11 is 0. The molecule has 0 unspecified atom stereocenters. The highest BCUT2D eigenvalue weighted by Crippen LogP contribution is 2.56. The summed E-state index contributed by atoms with van der Waals surface area (Å²) in [5.41, 5.74) is -0.289. The van der Waals surface area contributed by atoms with E-state index < -0.39 is 42.2 Å². The van der Waals surface area contributed by atoms with E-state index in [2.05, 4.69) is 38.8 Å². The van der Waals surface area contributed by atoms with Crippen LogP contribution in [0.25, 0.3) is 0 Å². The Labute approximate surface area is 225 Å². The topological polar surface area (TPSA) is 106 Å². The highest BCUT2D eigenvalue weighted by molar-refractivity contribution is 6.74. The molecule has 8 nitrogen and oxygen atoms in total. The number of likely N-dealkylation sites (tertiary alicyclic amines) is 1. The number of nitro groups is 1. The van der Waals surface area contributed by atoms with Gasteiger partial charge < -0.3 is 9.53 Å². The van der Waals surface area contributed by atoms with Gasteiger partial charge in [-0.1, -0.05) is 53.7 Å². The number of nitro benzene ring substituents is 1. The smallest absolute Gasteiger partial charge is 0.408 e. The summed E-state index contributed by atoms with van der Waals surface area (Å²) in [4.78, 5) is 29.3. The molecule has 3 rings (SSSR count). The standard InChI is InChI=1S/C28H40FN3O5Si/c1-26(2,3)28(24(20-16-21(29)18-30-17-20)37-38(7,8)27(4,5)6)14-13-23(31(28)25(33)34)15-19-9-11-22(12-10-19)32(35)36/h9-12,16-18,23-24H,13-15H2,1-8H3,(H,33,34)/t23-,24+,28-/m0/s1. The number of halogens is 1. The zero-order valence-corrected chi connectivity index (χ0v) is 24.6. The molecule has 2 aromatic rings. The molecule has 0 saturated carbocycles. The Balaban J connectivity index is 2.17. The molecule has 1 N–H and O–H groups in total. The lowest BCUT2D eigenvalue weighted by molar-refractivity contribution is -0.384. The van der Waals surface area contributed by atoms with Crippen molar-refractivity contribution >= 4 is 20.1 Å². The van der Waals surface area contributed by atoms with Gasteiger partial charge in [0.15, 0.2) is 8.32 Å². The molecule has 1 fully saturated rings. The molecule has 1 saturated heterocycles. The molecule has 1 amide bonds. The summed E-state index contributed by atoms with van der Waals surface area (Å²) < 4.78 is 21.6. The van der Waals surface area contributed by atoms with Gasteiger partial charge in [0.05, 0.1) is 22.8 Å². The maximum absolute atomic E-state index is 14.5. The van der Waals surface area contributed by atoms with Gasteiger partial charge in [0.25, 0.3) is 5.69 Å². The quantitative estimate of drug-likeness (QED) is 0.221. The number of rotatable bonds is 7. The molecule has 2 heterocycles. The zero-order valence-electron chi connectivity index (χ0n) is 23.6. The van der Waals surface area contributed by atoms with Crippen LogP contribution in [-0.4, -0.2) is 45.9 Å². The third-order valence-electron chi connectivity index (χ3n) is 8.46. The Kier molecular flexibility index (Phi) is 8.11. The largest absolute Gasteiger partial charge is 0.465 e. The third kappa shape index (κ3) is 5.61. The van der Waals surface area contributed by atoms with Crippen LogP contribution in [0, 0.1) is 21.3 Å². The average molecular weight is 546 g/mol. The molecule has 3 atom stereocenters. The van der Waals surface area contributed by atoms with E-state index in [4.69, 9.17) is 4.43 Å². The van der Waals surface area contributed by atoms with Crippen LogP contribution in [0.3, 0.4) is 0 Å². The molecule has 0 radical (unpaired) electrons. The van der Waals surface area contributed by atoms with Crippen molar-refractivity contribution in [3.8, 4) is 0 Å². The second-order valence-corrected chi connectivity index (χ2v) is 17.6. The molecular formula is C28H40FN3O5Si. The fourth-order valence-corrected chi connectivity index (χ4v) is 6.65. The van der Waals surface area contributed by atoms with Crippen LogP contribution < -0.4 is 0 Å². The number of nitrogens with zero attached hydrogens (tertiary/aromatic N) is 3. The maximum Gasteiger partial charge on any atom is 0.408 e. The molecule has 1 aliphatic heterocycles. The summed E-state index contributed by atoms with van der Waals surface area (Å²) in [5, 5.41) is 21.6. The van der Waals surface area contributed by atoms with Gasteiger partial charge in [-0.25, -0.2) is 9.18 Å². The van der Waals surface area contributed by atoms with E-state index in [1.165, 1.54) is 23.1 Å². The molecule has 10 heteroatoms. The Bertz CT molecular complexity index is 1180. The van der Waals surface area contributed by atoms with E-state index >= 15 is 0 Å². The van der Waals surface area contributed by atoms with Crippen LogP contribution in [0.15, 0.2) is 42.7 Å². The van der Waals surface area contributed by atoms with Gasteiger partial charge in [0.1, 0.15) is 5.82 Å². The predicted molar refractivity (Wildman–Crippen MR) is 147 cm³/mol. The van der Waals surface area contributed by atoms with Crippen molar-refractivity contribution in [3.05, 3.63) is 69.8 Å². The first kappa shape index (κ1) is 29.7. The SMILES string of the molecule is CC(C)(C)[C@@]1([C@H](O[Si](C)(C)C(C)(C)C)c2cncc(F)c2)CC[C@@H](Cc2ccc([N+](=O)[O-])cc2)N1C(=O)O. The molecule has 0 bridgehead atoms. The number of amides is 1. The number of pyridine rings is 1. The Morgan fingerprint density at radius 1 is 1.24 bits per heavy atom. The fourth-order valence-electron chi connectivity index (χ4n) is 5.38. The van der Waals surface area contributed by atoms with Crippen LogP contribution in [-0.2, 0) is 10.8 Å². The molecule has 1 aliphatic rings. The van der Waals surface area contributed by atoms with E-state index in [9.17, 15) is 24.4 Å². The summed E-state index contributed by atoms with van der Waals surface area (Å²) in [6.45, 7) is 16.6. The van der Waals surface area contributed by atoms with Crippen LogP contribution in [0.5, 0.6) is 0 Å². The number of hydrogen-bond acceptors (Lipinski definition) is 5. The summed E-state index contributed by atoms with van der Waals surface area (Å²) in [6, 6.07) is 7.25. The van der Waals surface area contributed by atoms with Gasteiger partial charge >= 0.3 is 6.09 Å². The van der Waals surface area contributed by atoms with Crippen molar-refractivity contribution in [2.45, 2.75) is 96.6 Å². The maximum atomic E-state index is 14.5. The van der Waals surface area contributed by atoms with Gasteiger partial charge in [-0.3, -0.25) is 20.0 Å². The number of benzene rings is 1. The minimum Gasteiger partial charge on any atom is -0.465 e. The van der Waals surface area contributed by atoms with Crippen LogP contribution in [0.2, 0.25) is 18.1 Å². The van der Waals surface area contributed by atoms with Crippen LogP contribution in [0.1, 0.15) is 71.6 Å². The minimum atomic E-state index is -2.47. The number of carbonyl (C=O) groups is 1. The molecular weight excluding hydrogens is 505 g/mol. The van der Waals surface area contributed by atoms with Crippen molar-refractivity contribution in [1.29, 1.82) is 0 Å². The summed E-state index contributed by atoms with van der Waals surface area (Å²) in [5.74, 6) is -0.502. The number of carboxylic acid groups (broad SMARTS) is 1. The van der Waals surface area contributed by atoms with Gasteiger partial charge in [0, 0.05) is 29.9 Å². The van der Waals surface area contributed by atoms with Crippen molar-refractivity contribution in [2.75, 3.05) is 0 Å². The van der Waals surface area contributed by atoms with E-state index in [-0.39, 0.29) is 16.8 Å². The van der Waals surface area contributed by atoms with E-state index in [1.54, 1.807) is 18.3 Å². The highest BCUT2D eigenvalue weighted by Gasteiger charge is 2.62. The van der Waals surface area contributed by atoms with Crippen molar-refractivity contribution < 1.29 is 23.6 Å². The van der Waals surface area contributed by atoms with Gasteiger partial charge in [-0.15, -0.1) is 0 Å². The number of non-ortho nitro benzene ring substituents is 1. The Hall–Kier alpha value is -2.85. The average Bonchev–Trinajstić information content (AvgIpc) is 3.17. The lowest BCUT2D eigenvalue weighted by Gasteiger charge is -2.55. The van der Waals surface area contributed by atoms with Crippen molar-refractivity contribution in [2.24, 2.45) is 5.41 Å². The first-order chi connectivity index (χ1) is 17.4. The number of aromatic nitrogens is 1. The zero-order chi connectivity index (χ0) is 28.7. The van der Waals surface area contributed by atoms with E-state index in [0.29, 0.717) is 24.8 Å². The first-order valence-electron chi connectivity index (χ1n) is 12.9.